The van der Waals surface area contributed by atoms with Gasteiger partial charge in [0, 0.05) is 11.1 Å². The Labute approximate surface area is 173 Å². The average molecular weight is 403 g/mol. The fourth-order valence-corrected chi connectivity index (χ4v) is 2.77. The number of aromatic nitrogens is 2. The van der Waals surface area contributed by atoms with E-state index in [1.54, 1.807) is 42.5 Å². The minimum atomic E-state index is -0.554. The number of rotatable bonds is 7. The van der Waals surface area contributed by atoms with Crippen molar-refractivity contribution in [2.45, 2.75) is 26.6 Å². The predicted molar refractivity (Wildman–Crippen MR) is 114 cm³/mol. The molecule has 2 aromatic carbocycles. The quantitative estimate of drug-likeness (QED) is 0.411. The van der Waals surface area contributed by atoms with Crippen molar-refractivity contribution in [3.8, 4) is 23.1 Å². The van der Waals surface area contributed by atoms with E-state index in [1.165, 1.54) is 6.21 Å². The maximum Gasteiger partial charge on any atom is 0.270 e. The van der Waals surface area contributed by atoms with E-state index in [4.69, 9.17) is 4.74 Å². The summed E-state index contributed by atoms with van der Waals surface area (Å²) in [6.07, 6.45) is 1.52. The molecule has 3 N–H and O–H groups in total. The van der Waals surface area contributed by atoms with E-state index >= 15 is 0 Å². The molecule has 0 amide bonds. The lowest BCUT2D eigenvalue weighted by molar-refractivity contribution is 0.225. The molecular weight excluding hydrogens is 382 g/mol. The van der Waals surface area contributed by atoms with Gasteiger partial charge in [-0.1, -0.05) is 30.3 Å². The summed E-state index contributed by atoms with van der Waals surface area (Å²) in [5.74, 6) is 0.722. The summed E-state index contributed by atoms with van der Waals surface area (Å²) in [4.78, 5) is 19.1. The molecule has 3 rings (SSSR count). The summed E-state index contributed by atoms with van der Waals surface area (Å²) in [5.41, 5.74) is 4.35. The lowest BCUT2D eigenvalue weighted by Gasteiger charge is -2.13. The monoisotopic (exact) mass is 403 g/mol. The van der Waals surface area contributed by atoms with Gasteiger partial charge in [-0.2, -0.15) is 10.4 Å². The van der Waals surface area contributed by atoms with E-state index in [0.717, 1.165) is 5.56 Å². The molecule has 152 valence electrons. The van der Waals surface area contributed by atoms with Crippen LogP contribution < -0.4 is 15.7 Å². The maximum absolute atomic E-state index is 12.3. The minimum Gasteiger partial charge on any atom is -0.491 e. The Balaban J connectivity index is 1.84. The third-order valence-electron chi connectivity index (χ3n) is 4.08. The number of aliphatic hydroxyl groups excluding tert-OH is 1. The van der Waals surface area contributed by atoms with Crippen LogP contribution in [-0.4, -0.2) is 27.4 Å². The summed E-state index contributed by atoms with van der Waals surface area (Å²) < 4.78 is 5.66. The number of aromatic amines is 1. The Morgan fingerprint density at radius 1 is 1.30 bits per heavy atom. The van der Waals surface area contributed by atoms with E-state index in [1.807, 2.05) is 26.0 Å². The van der Waals surface area contributed by atoms with Crippen molar-refractivity contribution in [3.63, 3.8) is 0 Å². The highest BCUT2D eigenvalue weighted by atomic mass is 16.5. The molecule has 1 heterocycles. The summed E-state index contributed by atoms with van der Waals surface area (Å²) in [5, 5.41) is 23.0. The normalized spacial score (nSPS) is 10.9. The molecule has 0 aliphatic heterocycles. The van der Waals surface area contributed by atoms with Gasteiger partial charge in [-0.05, 0) is 37.6 Å². The second-order valence-electron chi connectivity index (χ2n) is 6.68. The van der Waals surface area contributed by atoms with Gasteiger partial charge in [-0.3, -0.25) is 9.78 Å². The number of benzene rings is 2. The number of ether oxygens (including phenoxy) is 1. The molecule has 8 heteroatoms. The van der Waals surface area contributed by atoms with Crippen LogP contribution in [0.2, 0.25) is 0 Å². The average Bonchev–Trinajstić information content (AvgIpc) is 2.74. The van der Waals surface area contributed by atoms with Crippen LogP contribution in [0.3, 0.4) is 0 Å². The fourth-order valence-electron chi connectivity index (χ4n) is 2.77. The van der Waals surface area contributed by atoms with Gasteiger partial charge in [-0.25, -0.2) is 10.4 Å². The SMILES string of the molecule is CC(C)Oc1ccc(C=NNc2nc(-c3ccccc3)c(C#N)c(=O)[nH]2)cc1CO. The first-order valence-electron chi connectivity index (χ1n) is 9.31. The van der Waals surface area contributed by atoms with Crippen LogP contribution in [0.5, 0.6) is 5.75 Å². The third kappa shape index (κ3) is 4.90. The summed E-state index contributed by atoms with van der Waals surface area (Å²) in [7, 11) is 0. The molecular formula is C22H21N5O3. The van der Waals surface area contributed by atoms with Gasteiger partial charge in [0.1, 0.15) is 17.4 Å². The number of aliphatic hydroxyl groups is 1. The van der Waals surface area contributed by atoms with E-state index in [2.05, 4.69) is 20.5 Å². The molecule has 0 saturated carbocycles. The van der Waals surface area contributed by atoms with E-state index in [0.29, 0.717) is 16.9 Å². The Morgan fingerprint density at radius 3 is 2.73 bits per heavy atom. The Kier molecular flexibility index (Phi) is 6.57. The topological polar surface area (TPSA) is 123 Å². The van der Waals surface area contributed by atoms with Gasteiger partial charge in [0.05, 0.1) is 24.6 Å². The van der Waals surface area contributed by atoms with Crippen LogP contribution >= 0.6 is 0 Å². The molecule has 0 radical (unpaired) electrons. The highest BCUT2D eigenvalue weighted by Crippen LogP contribution is 2.21. The van der Waals surface area contributed by atoms with Crippen LogP contribution in [0.1, 0.15) is 30.5 Å². The molecule has 0 atom stereocenters. The number of H-pyrrole nitrogens is 1. The van der Waals surface area contributed by atoms with Crippen LogP contribution in [0.25, 0.3) is 11.3 Å². The van der Waals surface area contributed by atoms with Crippen molar-refractivity contribution in [1.29, 1.82) is 5.26 Å². The van der Waals surface area contributed by atoms with Crippen molar-refractivity contribution in [2.24, 2.45) is 5.10 Å². The maximum atomic E-state index is 12.3. The number of hydrogen-bond donors (Lipinski definition) is 3. The number of anilines is 1. The molecule has 0 aliphatic carbocycles. The third-order valence-corrected chi connectivity index (χ3v) is 4.08. The standard InChI is InChI=1S/C22H21N5O3/c1-14(2)30-19-9-8-15(10-17(19)13-28)12-24-27-22-25-20(16-6-4-3-5-7-16)18(11-23)21(29)26-22/h3-10,12,14,28H,13H2,1-2H3,(H2,25,26,27,29). The highest BCUT2D eigenvalue weighted by Gasteiger charge is 2.13. The largest absolute Gasteiger partial charge is 0.491 e. The van der Waals surface area contributed by atoms with Gasteiger partial charge >= 0.3 is 0 Å². The highest BCUT2D eigenvalue weighted by molar-refractivity contribution is 5.81. The molecule has 3 aromatic rings. The number of hydrogen-bond acceptors (Lipinski definition) is 7. The fraction of sp³-hybridized carbons (Fsp3) is 0.182. The van der Waals surface area contributed by atoms with Crippen LogP contribution in [-0.2, 0) is 6.61 Å². The Bertz CT molecular complexity index is 1150. The smallest absolute Gasteiger partial charge is 0.270 e. The molecule has 8 nitrogen and oxygen atoms in total. The summed E-state index contributed by atoms with van der Waals surface area (Å²) >= 11 is 0. The molecule has 0 aliphatic rings. The van der Waals surface area contributed by atoms with E-state index in [9.17, 15) is 15.2 Å². The number of nitrogens with one attached hydrogen (secondary N) is 2. The van der Waals surface area contributed by atoms with Gasteiger partial charge in [0.15, 0.2) is 0 Å². The predicted octanol–water partition coefficient (Wildman–Crippen LogP) is 3.03. The number of nitrogens with zero attached hydrogens (tertiary/aromatic N) is 3. The summed E-state index contributed by atoms with van der Waals surface area (Å²) in [6, 6.07) is 16.2. The van der Waals surface area contributed by atoms with Gasteiger partial charge in [-0.15, -0.1) is 0 Å². The lowest BCUT2D eigenvalue weighted by Crippen LogP contribution is -2.16. The van der Waals surface area contributed by atoms with Crippen molar-refractivity contribution >= 4 is 12.2 Å². The Morgan fingerprint density at radius 2 is 2.07 bits per heavy atom. The van der Waals surface area contributed by atoms with E-state index < -0.39 is 5.56 Å². The van der Waals surface area contributed by atoms with Gasteiger partial charge in [0.25, 0.3) is 5.56 Å². The molecule has 0 spiro atoms. The molecule has 30 heavy (non-hydrogen) atoms. The first kappa shape index (κ1) is 20.8. The Hall–Kier alpha value is -3.96. The minimum absolute atomic E-state index is 0.00502. The molecule has 0 unspecified atom stereocenters. The molecule has 1 aromatic heterocycles. The van der Waals surface area contributed by atoms with E-state index in [-0.39, 0.29) is 29.9 Å². The van der Waals surface area contributed by atoms with Crippen molar-refractivity contribution in [1.82, 2.24) is 9.97 Å². The molecule has 0 saturated heterocycles. The van der Waals surface area contributed by atoms with Gasteiger partial charge < -0.3 is 9.84 Å². The number of hydrazone groups is 1. The van der Waals surface area contributed by atoms with Crippen molar-refractivity contribution in [2.75, 3.05) is 5.43 Å². The zero-order valence-electron chi connectivity index (χ0n) is 16.6. The number of nitriles is 1. The van der Waals surface area contributed by atoms with Crippen molar-refractivity contribution in [3.05, 3.63) is 75.6 Å². The van der Waals surface area contributed by atoms with Crippen LogP contribution in [0.4, 0.5) is 5.95 Å². The first-order chi connectivity index (χ1) is 14.5. The molecule has 0 fully saturated rings. The van der Waals surface area contributed by atoms with Crippen LogP contribution in [0.15, 0.2) is 58.4 Å². The second kappa shape index (κ2) is 9.49. The zero-order chi connectivity index (χ0) is 21.5. The zero-order valence-corrected chi connectivity index (χ0v) is 16.6. The second-order valence-corrected chi connectivity index (χ2v) is 6.68. The first-order valence-corrected chi connectivity index (χ1v) is 9.31. The molecule has 0 bridgehead atoms. The van der Waals surface area contributed by atoms with Crippen molar-refractivity contribution < 1.29 is 9.84 Å². The lowest BCUT2D eigenvalue weighted by atomic mass is 10.1. The summed E-state index contributed by atoms with van der Waals surface area (Å²) in [6.45, 7) is 3.66. The van der Waals surface area contributed by atoms with Crippen LogP contribution in [0, 0.1) is 11.3 Å². The van der Waals surface area contributed by atoms with Gasteiger partial charge in [0.2, 0.25) is 5.95 Å².